The fraction of sp³-hybridized carbons (Fsp3) is 0.294. The van der Waals surface area contributed by atoms with Crippen LogP contribution in [-0.2, 0) is 6.42 Å². The molecule has 2 heterocycles. The molecule has 140 valence electrons. The number of allylic oxidation sites excluding steroid dienone is 1. The molecule has 3 N–H and O–H groups in total. The van der Waals surface area contributed by atoms with E-state index in [9.17, 15) is 20.5 Å². The molecule has 10 heteroatoms. The Morgan fingerprint density at radius 2 is 2.26 bits per heavy atom. The minimum atomic E-state index is -0.838. The molecule has 0 unspecified atom stereocenters. The number of fused-ring (bicyclic) bond motifs is 1. The van der Waals surface area contributed by atoms with Crippen molar-refractivity contribution in [2.24, 2.45) is 5.73 Å². The van der Waals surface area contributed by atoms with Gasteiger partial charge in [0.25, 0.3) is 5.69 Å². The Hall–Kier alpha value is -3.74. The van der Waals surface area contributed by atoms with E-state index in [0.29, 0.717) is 17.5 Å². The number of nitrogens with one attached hydrogen (secondary N) is 1. The van der Waals surface area contributed by atoms with Crippen molar-refractivity contribution in [1.82, 2.24) is 10.2 Å². The summed E-state index contributed by atoms with van der Waals surface area (Å²) in [5, 5.41) is 40.0. The van der Waals surface area contributed by atoms with Crippen molar-refractivity contribution in [2.45, 2.75) is 25.7 Å². The highest BCUT2D eigenvalue weighted by Crippen LogP contribution is 2.46. The normalized spacial score (nSPS) is 15.7. The van der Waals surface area contributed by atoms with Crippen molar-refractivity contribution in [1.29, 1.82) is 5.26 Å². The molecule has 0 saturated heterocycles. The number of nitrogens with two attached hydrogens (primary N) is 1. The second-order valence-electron chi connectivity index (χ2n) is 5.92. The van der Waals surface area contributed by atoms with Crippen molar-refractivity contribution >= 4 is 5.69 Å². The van der Waals surface area contributed by atoms with Crippen LogP contribution < -0.4 is 20.3 Å². The average Bonchev–Trinajstić information content (AvgIpc) is 3.03. The number of rotatable bonds is 5. The quantitative estimate of drug-likeness (QED) is 0.591. The molecular formula is C17H16N5O5-. The van der Waals surface area contributed by atoms with Crippen molar-refractivity contribution in [3.8, 4) is 23.4 Å². The third-order valence-corrected chi connectivity index (χ3v) is 4.33. The number of H-pyrrole nitrogens is 1. The SMILES string of the molecule is CCCc1[nH]nc2c1[C@@H](c1cc(OC)c([O-])c([N+](=O)[O-])c1)C(C#N)=C(N)O2. The summed E-state index contributed by atoms with van der Waals surface area (Å²) in [6.07, 6.45) is 1.42. The number of nitrogens with zero attached hydrogens (tertiary/aromatic N) is 3. The number of ether oxygens (including phenoxy) is 2. The Labute approximate surface area is 154 Å². The molecule has 1 aromatic heterocycles. The molecule has 1 aromatic carbocycles. The molecule has 3 rings (SSSR count). The predicted molar refractivity (Wildman–Crippen MR) is 91.0 cm³/mol. The molecule has 1 aliphatic rings. The number of aryl methyl sites for hydroxylation is 1. The zero-order chi connectivity index (χ0) is 19.7. The van der Waals surface area contributed by atoms with Crippen molar-refractivity contribution in [2.75, 3.05) is 7.11 Å². The molecule has 1 atom stereocenters. The maximum Gasteiger partial charge on any atom is 0.265 e. The molecule has 0 spiro atoms. The van der Waals surface area contributed by atoms with E-state index in [-0.39, 0.29) is 23.1 Å². The zero-order valence-electron chi connectivity index (χ0n) is 14.6. The number of aromatic nitrogens is 2. The van der Waals surface area contributed by atoms with Gasteiger partial charge in [0.05, 0.1) is 18.0 Å². The van der Waals surface area contributed by atoms with Crippen molar-refractivity contribution in [3.63, 3.8) is 0 Å². The summed E-state index contributed by atoms with van der Waals surface area (Å²) in [5.74, 6) is -1.74. The molecule has 2 aromatic rings. The molecule has 0 amide bonds. The molecule has 0 fully saturated rings. The maximum absolute atomic E-state index is 12.1. The van der Waals surface area contributed by atoms with Crippen LogP contribution in [0.3, 0.4) is 0 Å². The summed E-state index contributed by atoms with van der Waals surface area (Å²) in [6, 6.07) is 4.52. The first-order chi connectivity index (χ1) is 12.9. The van der Waals surface area contributed by atoms with Gasteiger partial charge in [0.2, 0.25) is 11.8 Å². The molecular weight excluding hydrogens is 354 g/mol. The van der Waals surface area contributed by atoms with E-state index < -0.39 is 22.3 Å². The van der Waals surface area contributed by atoms with Gasteiger partial charge < -0.3 is 20.3 Å². The minimum Gasteiger partial charge on any atom is -0.865 e. The highest BCUT2D eigenvalue weighted by atomic mass is 16.6. The van der Waals surface area contributed by atoms with E-state index in [0.717, 1.165) is 18.2 Å². The Morgan fingerprint density at radius 1 is 1.52 bits per heavy atom. The van der Waals surface area contributed by atoms with Gasteiger partial charge in [0.1, 0.15) is 17.4 Å². The van der Waals surface area contributed by atoms with Gasteiger partial charge in [0.15, 0.2) is 0 Å². The van der Waals surface area contributed by atoms with Crippen LogP contribution in [0.4, 0.5) is 5.69 Å². The summed E-state index contributed by atoms with van der Waals surface area (Å²) >= 11 is 0. The van der Waals surface area contributed by atoms with E-state index >= 15 is 0 Å². The summed E-state index contributed by atoms with van der Waals surface area (Å²) in [5.41, 5.74) is 6.92. The number of nitro groups is 1. The van der Waals surface area contributed by atoms with Crippen LogP contribution in [0.5, 0.6) is 17.4 Å². The third kappa shape index (κ3) is 2.89. The van der Waals surface area contributed by atoms with E-state index in [1.165, 1.54) is 13.2 Å². The van der Waals surface area contributed by atoms with Gasteiger partial charge in [0, 0.05) is 23.1 Å². The lowest BCUT2D eigenvalue weighted by Crippen LogP contribution is -2.21. The fourth-order valence-corrected chi connectivity index (χ4v) is 3.14. The lowest BCUT2D eigenvalue weighted by atomic mass is 9.83. The van der Waals surface area contributed by atoms with Gasteiger partial charge in [-0.05, 0) is 18.1 Å². The number of benzene rings is 1. The van der Waals surface area contributed by atoms with Gasteiger partial charge in [-0.15, -0.1) is 5.10 Å². The standard InChI is InChI=1S/C17H17N5O5/c1-3-4-10-14-13(9(7-18)16(19)27-17(14)21-20-10)8-5-11(22(24)25)15(23)12(6-8)26-2/h5-6,13,23H,3-4,19H2,1-2H3,(H,20,21)/p-1/t13-/m0/s1. The van der Waals surface area contributed by atoms with Crippen LogP contribution in [0, 0.1) is 21.4 Å². The van der Waals surface area contributed by atoms with E-state index in [4.69, 9.17) is 15.2 Å². The van der Waals surface area contributed by atoms with Crippen molar-refractivity contribution in [3.05, 3.63) is 50.5 Å². The smallest absolute Gasteiger partial charge is 0.265 e. The number of aromatic amines is 1. The molecule has 27 heavy (non-hydrogen) atoms. The van der Waals surface area contributed by atoms with Crippen LogP contribution in [0.15, 0.2) is 23.6 Å². The van der Waals surface area contributed by atoms with E-state index in [1.54, 1.807) is 0 Å². The molecule has 1 aliphatic heterocycles. The first kappa shape index (κ1) is 18.1. The number of hydrogen-bond donors (Lipinski definition) is 2. The van der Waals surface area contributed by atoms with Gasteiger partial charge in [-0.1, -0.05) is 13.3 Å². The maximum atomic E-state index is 12.1. The second-order valence-corrected chi connectivity index (χ2v) is 5.92. The highest BCUT2D eigenvalue weighted by molar-refractivity contribution is 5.62. The highest BCUT2D eigenvalue weighted by Gasteiger charge is 2.36. The van der Waals surface area contributed by atoms with E-state index in [2.05, 4.69) is 10.2 Å². The number of methoxy groups -OCH3 is 1. The Bertz CT molecular complexity index is 988. The monoisotopic (exact) mass is 370 g/mol. The Morgan fingerprint density at radius 3 is 2.85 bits per heavy atom. The van der Waals surface area contributed by atoms with Crippen molar-refractivity contribution < 1.29 is 19.5 Å². The fourth-order valence-electron chi connectivity index (χ4n) is 3.14. The largest absolute Gasteiger partial charge is 0.865 e. The van der Waals surface area contributed by atoms with Gasteiger partial charge in [-0.2, -0.15) is 5.26 Å². The molecule has 0 saturated carbocycles. The first-order valence-electron chi connectivity index (χ1n) is 8.10. The summed E-state index contributed by atoms with van der Waals surface area (Å²) < 4.78 is 10.4. The topological polar surface area (TPSA) is 163 Å². The van der Waals surface area contributed by atoms with Gasteiger partial charge >= 0.3 is 0 Å². The average molecular weight is 370 g/mol. The lowest BCUT2D eigenvalue weighted by molar-refractivity contribution is -0.398. The lowest BCUT2D eigenvalue weighted by Gasteiger charge is -2.25. The number of hydrogen-bond acceptors (Lipinski definition) is 8. The summed E-state index contributed by atoms with van der Waals surface area (Å²) in [7, 11) is 1.25. The van der Waals surface area contributed by atoms with Crippen LogP contribution in [-0.4, -0.2) is 22.2 Å². The third-order valence-electron chi connectivity index (χ3n) is 4.33. The predicted octanol–water partition coefficient (Wildman–Crippen LogP) is 1.57. The van der Waals surface area contributed by atoms with Crippen LogP contribution in [0.1, 0.15) is 36.1 Å². The van der Waals surface area contributed by atoms with Crippen LogP contribution in [0.2, 0.25) is 0 Å². The first-order valence-corrected chi connectivity index (χ1v) is 8.10. The minimum absolute atomic E-state index is 0.0799. The summed E-state index contributed by atoms with van der Waals surface area (Å²) in [6.45, 7) is 1.97. The Balaban J connectivity index is 2.29. The molecule has 0 radical (unpaired) electrons. The molecule has 0 bridgehead atoms. The van der Waals surface area contributed by atoms with Gasteiger partial charge in [-0.25, -0.2) is 0 Å². The van der Waals surface area contributed by atoms with E-state index in [1.807, 2.05) is 13.0 Å². The number of nitriles is 1. The zero-order valence-corrected chi connectivity index (χ0v) is 14.6. The molecule has 0 aliphatic carbocycles. The number of nitro benzene ring substituents is 1. The summed E-state index contributed by atoms with van der Waals surface area (Å²) in [4.78, 5) is 10.5. The van der Waals surface area contributed by atoms with Gasteiger partial charge in [-0.3, -0.25) is 15.2 Å². The Kier molecular flexibility index (Phi) is 4.60. The molecule has 10 nitrogen and oxygen atoms in total. The van der Waals surface area contributed by atoms with Crippen LogP contribution in [0.25, 0.3) is 0 Å². The van der Waals surface area contributed by atoms with Crippen LogP contribution >= 0.6 is 0 Å². The second kappa shape index (κ2) is 6.87.